The van der Waals surface area contributed by atoms with Crippen molar-refractivity contribution < 1.29 is 13.2 Å². The van der Waals surface area contributed by atoms with E-state index in [9.17, 15) is 13.2 Å². The lowest BCUT2D eigenvalue weighted by molar-refractivity contribution is -0.137. The van der Waals surface area contributed by atoms with Crippen LogP contribution in [0.15, 0.2) is 24.3 Å². The zero-order valence-electron chi connectivity index (χ0n) is 11.6. The van der Waals surface area contributed by atoms with E-state index in [1.165, 1.54) is 6.07 Å². The number of halogens is 3. The summed E-state index contributed by atoms with van der Waals surface area (Å²) in [6.07, 6.45) is -4.36. The highest BCUT2D eigenvalue weighted by atomic mass is 32.1. The van der Waals surface area contributed by atoms with Gasteiger partial charge in [-0.1, -0.05) is 6.07 Å². The van der Waals surface area contributed by atoms with Gasteiger partial charge in [0.15, 0.2) is 5.11 Å². The van der Waals surface area contributed by atoms with E-state index in [2.05, 4.69) is 15.6 Å². The van der Waals surface area contributed by atoms with Gasteiger partial charge in [-0.05, 0) is 37.5 Å². The Balaban J connectivity index is 1.91. The van der Waals surface area contributed by atoms with Crippen LogP contribution >= 0.6 is 12.2 Å². The number of nitrogens with one attached hydrogen (secondary N) is 2. The molecule has 116 valence electrons. The zero-order chi connectivity index (χ0) is 15.5. The molecule has 1 heterocycles. The molecule has 2 rings (SSSR count). The van der Waals surface area contributed by atoms with Gasteiger partial charge < -0.3 is 10.2 Å². The van der Waals surface area contributed by atoms with Crippen molar-refractivity contribution >= 4 is 23.0 Å². The normalized spacial score (nSPS) is 17.5. The number of nitrogens with zero attached hydrogens (tertiary/aromatic N) is 2. The Morgan fingerprint density at radius 3 is 2.48 bits per heavy atom. The van der Waals surface area contributed by atoms with Gasteiger partial charge in [0.05, 0.1) is 5.56 Å². The first-order chi connectivity index (χ1) is 9.84. The van der Waals surface area contributed by atoms with Crippen LogP contribution < -0.4 is 10.7 Å². The summed E-state index contributed by atoms with van der Waals surface area (Å²) < 4.78 is 37.9. The van der Waals surface area contributed by atoms with Crippen LogP contribution in [0.3, 0.4) is 0 Å². The van der Waals surface area contributed by atoms with Crippen LogP contribution in [0.1, 0.15) is 5.56 Å². The van der Waals surface area contributed by atoms with Crippen LogP contribution in [0.5, 0.6) is 0 Å². The summed E-state index contributed by atoms with van der Waals surface area (Å²) in [6, 6.07) is 4.97. The smallest absolute Gasteiger partial charge is 0.332 e. The van der Waals surface area contributed by atoms with Crippen molar-refractivity contribution in [3.63, 3.8) is 0 Å². The maximum Gasteiger partial charge on any atom is 0.416 e. The molecule has 0 aromatic heterocycles. The van der Waals surface area contributed by atoms with E-state index in [4.69, 9.17) is 12.2 Å². The number of benzene rings is 1. The van der Waals surface area contributed by atoms with Crippen LogP contribution in [0.25, 0.3) is 0 Å². The molecule has 0 bridgehead atoms. The number of anilines is 1. The number of likely N-dealkylation sites (N-methyl/N-ethyl adjacent to an activating group) is 1. The van der Waals surface area contributed by atoms with Gasteiger partial charge >= 0.3 is 6.18 Å². The van der Waals surface area contributed by atoms with Crippen LogP contribution in [0.4, 0.5) is 18.9 Å². The molecule has 1 aromatic carbocycles. The highest BCUT2D eigenvalue weighted by Gasteiger charge is 2.30. The maximum atomic E-state index is 12.6. The Hall–Kier alpha value is -1.38. The van der Waals surface area contributed by atoms with E-state index in [0.717, 1.165) is 38.3 Å². The largest absolute Gasteiger partial charge is 0.416 e. The second-order valence-corrected chi connectivity index (χ2v) is 5.34. The minimum Gasteiger partial charge on any atom is -0.332 e. The first-order valence-electron chi connectivity index (χ1n) is 6.53. The maximum absolute atomic E-state index is 12.6. The topological polar surface area (TPSA) is 30.5 Å². The molecule has 0 amide bonds. The molecule has 0 unspecified atom stereocenters. The summed E-state index contributed by atoms with van der Waals surface area (Å²) in [6.45, 7) is 3.44. The van der Waals surface area contributed by atoms with E-state index >= 15 is 0 Å². The molecule has 2 N–H and O–H groups in total. The Bertz CT molecular complexity index is 498. The van der Waals surface area contributed by atoms with Gasteiger partial charge in [-0.25, -0.2) is 5.01 Å². The third kappa shape index (κ3) is 4.83. The van der Waals surface area contributed by atoms with Gasteiger partial charge in [0, 0.05) is 31.9 Å². The number of hydrazine groups is 1. The summed E-state index contributed by atoms with van der Waals surface area (Å²) in [5.74, 6) is 0. The Kier molecular flexibility index (Phi) is 5.02. The van der Waals surface area contributed by atoms with Crippen molar-refractivity contribution in [1.29, 1.82) is 0 Å². The molecule has 0 aliphatic carbocycles. The predicted octanol–water partition coefficient (Wildman–Crippen LogP) is 2.15. The van der Waals surface area contributed by atoms with Crippen molar-refractivity contribution in [3.8, 4) is 0 Å². The molecule has 1 saturated heterocycles. The van der Waals surface area contributed by atoms with Crippen LogP contribution in [-0.2, 0) is 6.18 Å². The van der Waals surface area contributed by atoms with Gasteiger partial charge in [0.25, 0.3) is 0 Å². The van der Waals surface area contributed by atoms with Gasteiger partial charge in [-0.2, -0.15) is 13.2 Å². The molecule has 4 nitrogen and oxygen atoms in total. The third-order valence-electron chi connectivity index (χ3n) is 3.21. The van der Waals surface area contributed by atoms with Crippen molar-refractivity contribution in [2.24, 2.45) is 0 Å². The van der Waals surface area contributed by atoms with Gasteiger partial charge in [0.1, 0.15) is 0 Å². The van der Waals surface area contributed by atoms with Crippen molar-refractivity contribution in [2.75, 3.05) is 38.5 Å². The van der Waals surface area contributed by atoms with Gasteiger partial charge in [-0.15, -0.1) is 0 Å². The molecule has 21 heavy (non-hydrogen) atoms. The first kappa shape index (κ1) is 16.0. The highest BCUT2D eigenvalue weighted by Crippen LogP contribution is 2.30. The van der Waals surface area contributed by atoms with Crippen LogP contribution in [0.2, 0.25) is 0 Å². The van der Waals surface area contributed by atoms with Crippen LogP contribution in [-0.4, -0.2) is 48.2 Å². The summed E-state index contributed by atoms with van der Waals surface area (Å²) in [4.78, 5) is 2.20. The lowest BCUT2D eigenvalue weighted by Gasteiger charge is -2.33. The fourth-order valence-corrected chi connectivity index (χ4v) is 2.24. The first-order valence-corrected chi connectivity index (χ1v) is 6.94. The Morgan fingerprint density at radius 1 is 1.19 bits per heavy atom. The predicted molar refractivity (Wildman–Crippen MR) is 79.9 cm³/mol. The van der Waals surface area contributed by atoms with E-state index in [0.29, 0.717) is 10.8 Å². The highest BCUT2D eigenvalue weighted by molar-refractivity contribution is 7.80. The molecular formula is C13H17F3N4S. The molecule has 1 aliphatic heterocycles. The average Bonchev–Trinajstić information content (AvgIpc) is 2.41. The fourth-order valence-electron chi connectivity index (χ4n) is 1.99. The fraction of sp³-hybridized carbons (Fsp3) is 0.462. The molecule has 1 fully saturated rings. The van der Waals surface area contributed by atoms with Gasteiger partial charge in [-0.3, -0.25) is 5.43 Å². The van der Waals surface area contributed by atoms with E-state index in [1.807, 2.05) is 12.1 Å². The summed E-state index contributed by atoms with van der Waals surface area (Å²) in [5, 5.41) is 5.02. The number of piperazine rings is 1. The monoisotopic (exact) mass is 318 g/mol. The Labute approximate surface area is 126 Å². The number of thiocarbonyl (C=S) groups is 1. The number of alkyl halides is 3. The standard InChI is InChI=1S/C13H17F3N4S/c1-19-5-7-20(8-6-19)18-12(21)17-11-4-2-3-10(9-11)13(14,15)16/h2-4,9H,5-8H2,1H3,(H2,17,18,21). The van der Waals surface area contributed by atoms with Crippen molar-refractivity contribution in [1.82, 2.24) is 15.3 Å². The minimum absolute atomic E-state index is 0.291. The summed E-state index contributed by atoms with van der Waals surface area (Å²) in [5.41, 5.74) is 2.61. The van der Waals surface area contributed by atoms with Gasteiger partial charge in [0.2, 0.25) is 0 Å². The summed E-state index contributed by atoms with van der Waals surface area (Å²) >= 11 is 5.12. The van der Waals surface area contributed by atoms with E-state index in [1.54, 1.807) is 6.07 Å². The lowest BCUT2D eigenvalue weighted by atomic mass is 10.2. The number of hydrogen-bond donors (Lipinski definition) is 2. The third-order valence-corrected chi connectivity index (χ3v) is 3.40. The summed E-state index contributed by atoms with van der Waals surface area (Å²) in [7, 11) is 2.04. The minimum atomic E-state index is -4.36. The number of rotatable bonds is 2. The van der Waals surface area contributed by atoms with Crippen molar-refractivity contribution in [3.05, 3.63) is 29.8 Å². The molecule has 1 aliphatic rings. The molecular weight excluding hydrogens is 301 g/mol. The molecule has 1 aromatic rings. The number of hydrogen-bond acceptors (Lipinski definition) is 3. The molecule has 8 heteroatoms. The molecule has 0 saturated carbocycles. The van der Waals surface area contributed by atoms with E-state index in [-0.39, 0.29) is 0 Å². The SMILES string of the molecule is CN1CCN(NC(=S)Nc2cccc(C(F)(F)F)c2)CC1. The average molecular weight is 318 g/mol. The van der Waals surface area contributed by atoms with Crippen LogP contribution in [0, 0.1) is 0 Å². The lowest BCUT2D eigenvalue weighted by Crippen LogP contribution is -2.53. The zero-order valence-corrected chi connectivity index (χ0v) is 12.4. The second kappa shape index (κ2) is 6.59. The molecule has 0 radical (unpaired) electrons. The van der Waals surface area contributed by atoms with Crippen molar-refractivity contribution in [2.45, 2.75) is 6.18 Å². The second-order valence-electron chi connectivity index (χ2n) is 4.93. The Morgan fingerprint density at radius 2 is 1.86 bits per heavy atom. The molecule has 0 spiro atoms. The quantitative estimate of drug-likeness (QED) is 0.816. The molecule has 0 atom stereocenters. The van der Waals surface area contributed by atoms with E-state index < -0.39 is 11.7 Å².